The number of fused-ring (bicyclic) bond motifs is 1. The van der Waals surface area contributed by atoms with Crippen LogP contribution in [0.4, 0.5) is 0 Å². The lowest BCUT2D eigenvalue weighted by atomic mass is 9.82. The summed E-state index contributed by atoms with van der Waals surface area (Å²) in [4.78, 5) is 36.9. The van der Waals surface area contributed by atoms with Crippen LogP contribution in [0, 0.1) is 11.8 Å². The van der Waals surface area contributed by atoms with Crippen molar-refractivity contribution in [2.75, 3.05) is 0 Å². The summed E-state index contributed by atoms with van der Waals surface area (Å²) in [7, 11) is 0. The molecule has 0 saturated carbocycles. The normalized spacial score (nSPS) is 24.1. The van der Waals surface area contributed by atoms with Crippen LogP contribution in [0.1, 0.15) is 30.1 Å². The van der Waals surface area contributed by atoms with E-state index in [1.807, 2.05) is 13.0 Å². The predicted octanol–water partition coefficient (Wildman–Crippen LogP) is 2.33. The molecule has 3 rings (SSSR count). The van der Waals surface area contributed by atoms with Crippen LogP contribution in [0.5, 0.6) is 0 Å². The van der Waals surface area contributed by atoms with Gasteiger partial charge in [0, 0.05) is 0 Å². The summed E-state index contributed by atoms with van der Waals surface area (Å²) in [5.74, 6) is -2.00. The molecule has 1 fully saturated rings. The first kappa shape index (κ1) is 14.8. The molecule has 0 aromatic heterocycles. The second-order valence-corrected chi connectivity index (χ2v) is 6.04. The van der Waals surface area contributed by atoms with E-state index in [0.717, 1.165) is 10.6 Å². The zero-order valence-electron chi connectivity index (χ0n) is 12.0. The van der Waals surface area contributed by atoms with Crippen LogP contribution in [-0.2, 0) is 9.59 Å². The second-order valence-electron chi connectivity index (χ2n) is 5.64. The van der Waals surface area contributed by atoms with Gasteiger partial charge in [0.15, 0.2) is 0 Å². The third-order valence-electron chi connectivity index (χ3n) is 4.15. The van der Waals surface area contributed by atoms with Gasteiger partial charge in [0.1, 0.15) is 0 Å². The van der Waals surface area contributed by atoms with Crippen LogP contribution in [0.25, 0.3) is 0 Å². The topological polar surface area (TPSA) is 66.5 Å². The molecule has 0 bridgehead atoms. The molecule has 1 aromatic carbocycles. The fourth-order valence-corrected chi connectivity index (χ4v) is 3.18. The number of carbonyl (C=O) groups is 3. The lowest BCUT2D eigenvalue weighted by Gasteiger charge is -2.18. The first-order valence-electron chi connectivity index (χ1n) is 7.08. The summed E-state index contributed by atoms with van der Waals surface area (Å²) in [6.45, 7) is 1.94. The van der Waals surface area contributed by atoms with Crippen molar-refractivity contribution in [3.8, 4) is 0 Å². The average Bonchev–Trinajstić information content (AvgIpc) is 2.72. The van der Waals surface area contributed by atoms with Crippen LogP contribution in [0.3, 0.4) is 0 Å². The van der Waals surface area contributed by atoms with E-state index < -0.39 is 5.91 Å². The Bertz CT molecular complexity index is 698. The Labute approximate surface area is 132 Å². The van der Waals surface area contributed by atoms with Gasteiger partial charge >= 0.3 is 0 Å². The van der Waals surface area contributed by atoms with Crippen LogP contribution in [0.15, 0.2) is 35.9 Å². The van der Waals surface area contributed by atoms with Gasteiger partial charge in [-0.1, -0.05) is 35.4 Å². The highest BCUT2D eigenvalue weighted by Gasteiger charge is 2.49. The summed E-state index contributed by atoms with van der Waals surface area (Å²) < 4.78 is 0. The summed E-state index contributed by atoms with van der Waals surface area (Å²) in [6, 6.07) is 6.49. The lowest BCUT2D eigenvalue weighted by molar-refractivity contribution is -0.142. The standard InChI is InChI=1S/C16H15ClN2O3/c1-9-6-7-10-12(8-9)16(22)19(15(10)21)18-14(20)11-4-2-3-5-13(11)17/h2-6,10,12H,7-8H2,1H3,(H,18,20)/t10-,12+/m1/s1. The van der Waals surface area contributed by atoms with E-state index in [1.54, 1.807) is 24.3 Å². The Kier molecular flexibility index (Phi) is 3.74. The first-order valence-corrected chi connectivity index (χ1v) is 7.46. The van der Waals surface area contributed by atoms with Gasteiger partial charge in [0.25, 0.3) is 17.7 Å². The monoisotopic (exact) mass is 318 g/mol. The van der Waals surface area contributed by atoms with E-state index in [9.17, 15) is 14.4 Å². The highest BCUT2D eigenvalue weighted by molar-refractivity contribution is 6.33. The number of hydrazine groups is 1. The molecular formula is C16H15ClN2O3. The highest BCUT2D eigenvalue weighted by atomic mass is 35.5. The van der Waals surface area contributed by atoms with Gasteiger partial charge in [-0.05, 0) is 31.9 Å². The molecule has 0 unspecified atom stereocenters. The highest BCUT2D eigenvalue weighted by Crippen LogP contribution is 2.36. The molecule has 1 aromatic rings. The average molecular weight is 319 g/mol. The zero-order chi connectivity index (χ0) is 15.9. The van der Waals surface area contributed by atoms with Gasteiger partial charge in [-0.3, -0.25) is 19.8 Å². The molecule has 1 aliphatic heterocycles. The van der Waals surface area contributed by atoms with E-state index in [2.05, 4.69) is 5.43 Å². The van der Waals surface area contributed by atoms with Crippen molar-refractivity contribution >= 4 is 29.3 Å². The van der Waals surface area contributed by atoms with Crippen molar-refractivity contribution in [1.29, 1.82) is 0 Å². The van der Waals surface area contributed by atoms with Gasteiger partial charge in [0.05, 0.1) is 22.4 Å². The van der Waals surface area contributed by atoms with Crippen molar-refractivity contribution < 1.29 is 14.4 Å². The Morgan fingerprint density at radius 3 is 2.64 bits per heavy atom. The SMILES string of the molecule is CC1=CC[C@H]2C(=O)N(NC(=O)c3ccccc3Cl)C(=O)[C@H]2C1. The Morgan fingerprint density at radius 1 is 1.23 bits per heavy atom. The fraction of sp³-hybridized carbons (Fsp3) is 0.312. The molecule has 1 N–H and O–H groups in total. The maximum Gasteiger partial charge on any atom is 0.271 e. The number of hydrogen-bond acceptors (Lipinski definition) is 3. The fourth-order valence-electron chi connectivity index (χ4n) is 2.95. The molecule has 1 heterocycles. The number of nitrogens with zero attached hydrogens (tertiary/aromatic N) is 1. The van der Waals surface area contributed by atoms with Crippen LogP contribution < -0.4 is 5.43 Å². The molecule has 5 nitrogen and oxygen atoms in total. The first-order chi connectivity index (χ1) is 10.5. The minimum atomic E-state index is -0.560. The van der Waals surface area contributed by atoms with E-state index in [-0.39, 0.29) is 34.2 Å². The smallest absolute Gasteiger partial charge is 0.271 e. The summed E-state index contributed by atoms with van der Waals surface area (Å²) in [5, 5.41) is 1.13. The van der Waals surface area contributed by atoms with Gasteiger partial charge in [-0.2, -0.15) is 5.01 Å². The van der Waals surface area contributed by atoms with Crippen molar-refractivity contribution in [2.45, 2.75) is 19.8 Å². The van der Waals surface area contributed by atoms with Crippen molar-refractivity contribution in [1.82, 2.24) is 10.4 Å². The number of allylic oxidation sites excluding steroid dienone is 2. The van der Waals surface area contributed by atoms with Crippen LogP contribution in [0.2, 0.25) is 5.02 Å². The van der Waals surface area contributed by atoms with Crippen molar-refractivity contribution in [3.63, 3.8) is 0 Å². The molecule has 3 amide bonds. The van der Waals surface area contributed by atoms with Gasteiger partial charge in [0.2, 0.25) is 0 Å². The number of carbonyl (C=O) groups excluding carboxylic acids is 3. The van der Waals surface area contributed by atoms with Crippen molar-refractivity contribution in [2.24, 2.45) is 11.8 Å². The summed E-state index contributed by atoms with van der Waals surface area (Å²) >= 11 is 5.96. The molecule has 1 saturated heterocycles. The molecule has 114 valence electrons. The largest absolute Gasteiger partial charge is 0.272 e. The molecule has 2 aliphatic rings. The Morgan fingerprint density at radius 2 is 1.91 bits per heavy atom. The molecule has 0 spiro atoms. The maximum atomic E-state index is 12.4. The second kappa shape index (κ2) is 5.57. The maximum absolute atomic E-state index is 12.4. The molecular weight excluding hydrogens is 304 g/mol. The van der Waals surface area contributed by atoms with Gasteiger partial charge in [-0.25, -0.2) is 0 Å². The number of benzene rings is 1. The Hall–Kier alpha value is -2.14. The third kappa shape index (κ3) is 2.41. The Balaban J connectivity index is 1.79. The number of amides is 3. The van der Waals surface area contributed by atoms with E-state index in [1.165, 1.54) is 0 Å². The predicted molar refractivity (Wildman–Crippen MR) is 80.7 cm³/mol. The molecule has 2 atom stereocenters. The number of halogens is 1. The van der Waals surface area contributed by atoms with Gasteiger partial charge in [-0.15, -0.1) is 0 Å². The number of rotatable bonds is 2. The lowest BCUT2D eigenvalue weighted by Crippen LogP contribution is -2.46. The minimum Gasteiger partial charge on any atom is -0.272 e. The van der Waals surface area contributed by atoms with E-state index >= 15 is 0 Å². The third-order valence-corrected chi connectivity index (χ3v) is 4.48. The number of imide groups is 1. The van der Waals surface area contributed by atoms with E-state index in [0.29, 0.717) is 12.8 Å². The van der Waals surface area contributed by atoms with Crippen LogP contribution in [-0.4, -0.2) is 22.7 Å². The van der Waals surface area contributed by atoms with Gasteiger partial charge < -0.3 is 0 Å². The molecule has 6 heteroatoms. The zero-order valence-corrected chi connectivity index (χ0v) is 12.8. The van der Waals surface area contributed by atoms with Crippen molar-refractivity contribution in [3.05, 3.63) is 46.5 Å². The molecule has 22 heavy (non-hydrogen) atoms. The summed E-state index contributed by atoms with van der Waals surface area (Å²) in [6.07, 6.45) is 3.08. The van der Waals surface area contributed by atoms with Crippen LogP contribution >= 0.6 is 11.6 Å². The molecule has 1 aliphatic carbocycles. The van der Waals surface area contributed by atoms with E-state index in [4.69, 9.17) is 11.6 Å². The minimum absolute atomic E-state index is 0.231. The summed E-state index contributed by atoms with van der Waals surface area (Å²) in [5.41, 5.74) is 3.72. The molecule has 0 radical (unpaired) electrons. The number of hydrogen-bond donors (Lipinski definition) is 1. The number of nitrogens with one attached hydrogen (secondary N) is 1. The quantitative estimate of drug-likeness (QED) is 0.672.